The molecule has 2 aliphatic carbocycles. The Morgan fingerprint density at radius 3 is 1.44 bits per heavy atom. The zero-order valence-electron chi connectivity index (χ0n) is 18.5. The SMILES string of the molecule is [C-]1=CC=CC1.[Cl-].[Cl-].[Zr+2]=[C]1c2ccccc2-c2ccccc21.c1ccc2c(c1)[cH-]c1ccccc12. The Kier molecular flexibility index (Phi) is 9.48. The number of hydrogen-bond donors (Lipinski definition) is 0. The Morgan fingerprint density at radius 2 is 1.03 bits per heavy atom. The van der Waals surface area contributed by atoms with Crippen molar-refractivity contribution in [2.75, 3.05) is 0 Å². The normalized spacial score (nSPS) is 12.0. The average molecular weight is 557 g/mol. The minimum absolute atomic E-state index is 0. The molecule has 0 heterocycles. The Hall–Kier alpha value is -2.44. The summed E-state index contributed by atoms with van der Waals surface area (Å²) in [5.41, 5.74) is 5.64. The van der Waals surface area contributed by atoms with Gasteiger partial charge in [0.25, 0.3) is 0 Å². The molecule has 166 valence electrons. The van der Waals surface area contributed by atoms with Gasteiger partial charge in [-0.1, -0.05) is 36.4 Å². The maximum absolute atomic E-state index is 2.99. The molecule has 3 heteroatoms. The topological polar surface area (TPSA) is 0 Å². The smallest absolute Gasteiger partial charge is 0.0771 e. The third kappa shape index (κ3) is 5.44. The minimum Gasteiger partial charge on any atom is -0.126 e. The van der Waals surface area contributed by atoms with Gasteiger partial charge in [-0.2, -0.15) is 6.08 Å². The number of allylic oxidation sites excluding steroid dienone is 4. The predicted molar refractivity (Wildman–Crippen MR) is 134 cm³/mol. The van der Waals surface area contributed by atoms with Gasteiger partial charge in [0.05, 0.1) is 0 Å². The van der Waals surface area contributed by atoms with Gasteiger partial charge in [-0.3, -0.25) is 6.08 Å². The van der Waals surface area contributed by atoms with Crippen molar-refractivity contribution in [2.24, 2.45) is 0 Å². The number of halogens is 2. The van der Waals surface area contributed by atoms with Gasteiger partial charge in [0.15, 0.2) is 0 Å². The number of fused-ring (bicyclic) bond motifs is 6. The van der Waals surface area contributed by atoms with Gasteiger partial charge in [0.2, 0.25) is 0 Å². The fraction of sp³-hybridized carbons (Fsp3) is 0.0323. The van der Waals surface area contributed by atoms with E-state index in [1.807, 2.05) is 12.2 Å². The van der Waals surface area contributed by atoms with Crippen LogP contribution >= 0.6 is 0 Å². The molecule has 0 saturated carbocycles. The molecule has 0 atom stereocenters. The molecule has 0 fully saturated rings. The van der Waals surface area contributed by atoms with Gasteiger partial charge in [-0.05, 0) is 0 Å². The van der Waals surface area contributed by atoms with Crippen LogP contribution in [0.15, 0.2) is 121 Å². The van der Waals surface area contributed by atoms with Gasteiger partial charge in [0, 0.05) is 0 Å². The molecule has 0 nitrogen and oxygen atoms in total. The van der Waals surface area contributed by atoms with Crippen LogP contribution in [0.2, 0.25) is 0 Å². The van der Waals surface area contributed by atoms with Crippen LogP contribution in [0.5, 0.6) is 0 Å². The van der Waals surface area contributed by atoms with E-state index in [2.05, 4.69) is 115 Å². The summed E-state index contributed by atoms with van der Waals surface area (Å²) >= 11 is 1.50. The molecule has 5 aromatic carbocycles. The molecule has 0 aliphatic heterocycles. The van der Waals surface area contributed by atoms with Crippen LogP contribution in [0.4, 0.5) is 0 Å². The molecule has 0 spiro atoms. The van der Waals surface area contributed by atoms with E-state index in [0.29, 0.717) is 0 Å². The Labute approximate surface area is 228 Å². The first-order chi connectivity index (χ1) is 15.8. The zero-order valence-corrected chi connectivity index (χ0v) is 22.5. The molecular formula is C31H22Cl2Zr-2. The Bertz CT molecular complexity index is 1370. The van der Waals surface area contributed by atoms with Crippen LogP contribution in [0.1, 0.15) is 17.5 Å². The van der Waals surface area contributed by atoms with Crippen molar-refractivity contribution in [1.82, 2.24) is 0 Å². The van der Waals surface area contributed by atoms with Gasteiger partial charge in [0.1, 0.15) is 0 Å². The van der Waals surface area contributed by atoms with E-state index in [9.17, 15) is 0 Å². The van der Waals surface area contributed by atoms with Crippen LogP contribution in [0.25, 0.3) is 32.7 Å². The fourth-order valence-corrected chi connectivity index (χ4v) is 5.33. The van der Waals surface area contributed by atoms with Gasteiger partial charge in [-0.25, -0.2) is 12.2 Å². The number of rotatable bonds is 0. The maximum Gasteiger partial charge on any atom is -0.0771 e. The van der Waals surface area contributed by atoms with Crippen molar-refractivity contribution in [3.63, 3.8) is 0 Å². The second-order valence-electron chi connectivity index (χ2n) is 7.79. The van der Waals surface area contributed by atoms with Crippen molar-refractivity contribution in [2.45, 2.75) is 6.42 Å². The first-order valence-electron chi connectivity index (χ1n) is 10.9. The largest absolute Gasteiger partial charge is 0.126 e. The molecule has 0 N–H and O–H groups in total. The van der Waals surface area contributed by atoms with Gasteiger partial charge >= 0.3 is 98.2 Å². The van der Waals surface area contributed by atoms with E-state index in [0.717, 1.165) is 6.42 Å². The minimum atomic E-state index is 0. The van der Waals surface area contributed by atoms with Gasteiger partial charge < -0.3 is 24.8 Å². The summed E-state index contributed by atoms with van der Waals surface area (Å²) in [6.45, 7) is 0. The molecule has 5 aromatic rings. The van der Waals surface area contributed by atoms with E-state index >= 15 is 0 Å². The molecule has 0 aromatic heterocycles. The fourth-order valence-electron chi connectivity index (χ4n) is 4.26. The van der Waals surface area contributed by atoms with Crippen molar-refractivity contribution in [3.05, 3.63) is 139 Å². The van der Waals surface area contributed by atoms with E-state index in [4.69, 9.17) is 0 Å². The summed E-state index contributed by atoms with van der Waals surface area (Å²) in [5.74, 6) is 0. The van der Waals surface area contributed by atoms with Gasteiger partial charge in [-0.15, -0.1) is 46.2 Å². The van der Waals surface area contributed by atoms with E-state index in [1.165, 1.54) is 71.2 Å². The van der Waals surface area contributed by atoms with Crippen LogP contribution in [0.3, 0.4) is 0 Å². The van der Waals surface area contributed by atoms with Crippen molar-refractivity contribution < 1.29 is 49.0 Å². The average Bonchev–Trinajstić information content (AvgIpc) is 3.60. The summed E-state index contributed by atoms with van der Waals surface area (Å²) in [7, 11) is 0. The Balaban J connectivity index is 0.000000152. The third-order valence-corrected chi connectivity index (χ3v) is 7.12. The summed E-state index contributed by atoms with van der Waals surface area (Å²) in [5, 5.41) is 5.39. The van der Waals surface area contributed by atoms with E-state index < -0.39 is 0 Å². The summed E-state index contributed by atoms with van der Waals surface area (Å²) in [4.78, 5) is 0. The first kappa shape index (κ1) is 26.2. The number of hydrogen-bond acceptors (Lipinski definition) is 0. The summed E-state index contributed by atoms with van der Waals surface area (Å²) in [6.07, 6.45) is 10.0. The Morgan fingerprint density at radius 1 is 0.588 bits per heavy atom. The zero-order chi connectivity index (χ0) is 21.8. The molecule has 0 amide bonds. The quantitative estimate of drug-likeness (QED) is 0.251. The molecule has 0 unspecified atom stereocenters. The standard InChI is InChI=1S/C13H9.C13H8.C5H5.2ClH.Zr/c2*1-3-7-12-10(5-1)9-11-6-2-4-8-13(11)12;1-2-4-5-3-1;;;/h1-9H;1-8H;1-3H,4H2;2*1H;/q-1;;-1;;;+2/p-2. The van der Waals surface area contributed by atoms with Crippen molar-refractivity contribution in [3.8, 4) is 11.1 Å². The molecule has 2 aliphatic rings. The monoisotopic (exact) mass is 554 g/mol. The van der Waals surface area contributed by atoms with Crippen LogP contribution in [-0.2, 0) is 24.2 Å². The third-order valence-electron chi connectivity index (χ3n) is 5.79. The molecular weight excluding hydrogens is 534 g/mol. The van der Waals surface area contributed by atoms with Crippen LogP contribution in [0, 0.1) is 6.08 Å². The summed E-state index contributed by atoms with van der Waals surface area (Å²) in [6, 6.07) is 36.6. The maximum atomic E-state index is 2.99. The predicted octanol–water partition coefficient (Wildman–Crippen LogP) is 1.81. The van der Waals surface area contributed by atoms with E-state index in [-0.39, 0.29) is 24.8 Å². The van der Waals surface area contributed by atoms with Crippen molar-refractivity contribution in [1.29, 1.82) is 0 Å². The number of benzene rings is 4. The first-order valence-corrected chi connectivity index (χ1v) is 12.1. The molecule has 0 bridgehead atoms. The van der Waals surface area contributed by atoms with Crippen molar-refractivity contribution >= 4 is 24.8 Å². The van der Waals surface area contributed by atoms with Crippen LogP contribution in [-0.4, -0.2) is 3.21 Å². The second kappa shape index (κ2) is 12.3. The van der Waals surface area contributed by atoms with E-state index in [1.54, 1.807) is 0 Å². The molecule has 7 rings (SSSR count). The molecule has 0 saturated heterocycles. The molecule has 34 heavy (non-hydrogen) atoms. The summed E-state index contributed by atoms with van der Waals surface area (Å²) < 4.78 is 1.49. The molecule has 0 radical (unpaired) electrons. The van der Waals surface area contributed by atoms with Crippen LogP contribution < -0.4 is 24.8 Å². The second-order valence-corrected chi connectivity index (χ2v) is 9.02.